The molecule has 0 spiro atoms. The standard InChI is InChI=1S/C12H21N3O/c1-3-7-14-12(16)9-15-10(2)5-4-6-11(15)8-13/h1,10-11H,4-9,13H2,2H3,(H,14,16). The van der Waals surface area contributed by atoms with Crippen molar-refractivity contribution in [3.05, 3.63) is 0 Å². The highest BCUT2D eigenvalue weighted by atomic mass is 16.2. The van der Waals surface area contributed by atoms with E-state index in [0.29, 0.717) is 31.7 Å². The number of hydrogen-bond donors (Lipinski definition) is 2. The van der Waals surface area contributed by atoms with Gasteiger partial charge < -0.3 is 11.1 Å². The maximum absolute atomic E-state index is 11.6. The largest absolute Gasteiger partial charge is 0.344 e. The SMILES string of the molecule is C#CCNC(=O)CN1C(C)CCCC1CN. The number of amides is 1. The molecule has 0 aliphatic carbocycles. The van der Waals surface area contributed by atoms with E-state index < -0.39 is 0 Å². The zero-order valence-corrected chi connectivity index (χ0v) is 9.91. The molecular weight excluding hydrogens is 202 g/mol. The minimum Gasteiger partial charge on any atom is -0.344 e. The number of nitrogens with zero attached hydrogens (tertiary/aromatic N) is 1. The third-order valence-corrected chi connectivity index (χ3v) is 3.18. The second-order valence-electron chi connectivity index (χ2n) is 4.32. The molecule has 1 heterocycles. The second-order valence-corrected chi connectivity index (χ2v) is 4.32. The predicted molar refractivity (Wildman–Crippen MR) is 64.7 cm³/mol. The van der Waals surface area contributed by atoms with Crippen molar-refractivity contribution in [1.29, 1.82) is 0 Å². The van der Waals surface area contributed by atoms with Crippen LogP contribution >= 0.6 is 0 Å². The Hall–Kier alpha value is -1.05. The van der Waals surface area contributed by atoms with Crippen LogP contribution in [0.5, 0.6) is 0 Å². The molecule has 0 aromatic heterocycles. The summed E-state index contributed by atoms with van der Waals surface area (Å²) in [5, 5.41) is 2.69. The van der Waals surface area contributed by atoms with Gasteiger partial charge in [-0.1, -0.05) is 12.3 Å². The predicted octanol–water partition coefficient (Wildman–Crippen LogP) is -0.0625. The van der Waals surface area contributed by atoms with Crippen molar-refractivity contribution in [3.8, 4) is 12.3 Å². The first kappa shape index (κ1) is 13.0. The maximum atomic E-state index is 11.6. The molecule has 4 heteroatoms. The molecule has 4 nitrogen and oxygen atoms in total. The fourth-order valence-electron chi connectivity index (χ4n) is 2.25. The summed E-state index contributed by atoms with van der Waals surface area (Å²) in [5.41, 5.74) is 5.73. The molecule has 0 aromatic rings. The van der Waals surface area contributed by atoms with E-state index in [1.165, 1.54) is 6.42 Å². The van der Waals surface area contributed by atoms with Gasteiger partial charge in [0.25, 0.3) is 0 Å². The van der Waals surface area contributed by atoms with Gasteiger partial charge in [-0.05, 0) is 19.8 Å². The van der Waals surface area contributed by atoms with E-state index in [1.807, 2.05) is 0 Å². The van der Waals surface area contributed by atoms with Gasteiger partial charge in [-0.2, -0.15) is 0 Å². The Bertz CT molecular complexity index is 272. The van der Waals surface area contributed by atoms with Crippen LogP contribution in [0, 0.1) is 12.3 Å². The Morgan fingerprint density at radius 3 is 3.00 bits per heavy atom. The molecule has 0 radical (unpaired) electrons. The van der Waals surface area contributed by atoms with Crippen molar-refractivity contribution in [1.82, 2.24) is 10.2 Å². The molecule has 0 bridgehead atoms. The summed E-state index contributed by atoms with van der Waals surface area (Å²) in [6.45, 7) is 3.47. The number of carbonyl (C=O) groups is 1. The van der Waals surface area contributed by atoms with Gasteiger partial charge in [0.1, 0.15) is 0 Å². The normalized spacial score (nSPS) is 26.1. The summed E-state index contributed by atoms with van der Waals surface area (Å²) in [5.74, 6) is 2.39. The highest BCUT2D eigenvalue weighted by molar-refractivity contribution is 5.78. The van der Waals surface area contributed by atoms with Gasteiger partial charge in [0.15, 0.2) is 0 Å². The average molecular weight is 223 g/mol. The molecule has 3 N–H and O–H groups in total. The quantitative estimate of drug-likeness (QED) is 0.656. The molecule has 90 valence electrons. The molecule has 1 amide bonds. The number of terminal acetylenes is 1. The zero-order valence-electron chi connectivity index (χ0n) is 9.91. The Balaban J connectivity index is 2.48. The fourth-order valence-corrected chi connectivity index (χ4v) is 2.25. The molecule has 0 aromatic carbocycles. The van der Waals surface area contributed by atoms with Gasteiger partial charge in [0, 0.05) is 18.6 Å². The maximum Gasteiger partial charge on any atom is 0.234 e. The lowest BCUT2D eigenvalue weighted by molar-refractivity contribution is -0.123. The van der Waals surface area contributed by atoms with Crippen molar-refractivity contribution in [2.75, 3.05) is 19.6 Å². The van der Waals surface area contributed by atoms with E-state index in [1.54, 1.807) is 0 Å². The monoisotopic (exact) mass is 223 g/mol. The number of hydrogen-bond acceptors (Lipinski definition) is 3. The van der Waals surface area contributed by atoms with Gasteiger partial charge >= 0.3 is 0 Å². The van der Waals surface area contributed by atoms with Gasteiger partial charge in [0.2, 0.25) is 5.91 Å². The Labute approximate surface area is 97.6 Å². The molecular formula is C12H21N3O. The molecule has 1 rings (SSSR count). The summed E-state index contributed by atoms with van der Waals surface area (Å²) < 4.78 is 0. The minimum atomic E-state index is -0.00912. The molecule has 1 aliphatic rings. The molecule has 16 heavy (non-hydrogen) atoms. The summed E-state index contributed by atoms with van der Waals surface area (Å²) in [4.78, 5) is 13.8. The number of piperidine rings is 1. The number of nitrogens with one attached hydrogen (secondary N) is 1. The van der Waals surface area contributed by atoms with E-state index in [4.69, 9.17) is 12.2 Å². The smallest absolute Gasteiger partial charge is 0.234 e. The highest BCUT2D eigenvalue weighted by Gasteiger charge is 2.28. The number of likely N-dealkylation sites (tertiary alicyclic amines) is 1. The topological polar surface area (TPSA) is 58.4 Å². The van der Waals surface area contributed by atoms with Gasteiger partial charge in [-0.25, -0.2) is 0 Å². The van der Waals surface area contributed by atoms with Crippen LogP contribution in [0.25, 0.3) is 0 Å². The van der Waals surface area contributed by atoms with Crippen LogP contribution in [-0.2, 0) is 4.79 Å². The van der Waals surface area contributed by atoms with Crippen LogP contribution < -0.4 is 11.1 Å². The average Bonchev–Trinajstić information content (AvgIpc) is 2.29. The molecule has 1 aliphatic heterocycles. The number of nitrogens with two attached hydrogens (primary N) is 1. The third-order valence-electron chi connectivity index (χ3n) is 3.18. The lowest BCUT2D eigenvalue weighted by atomic mass is 9.96. The molecule has 2 atom stereocenters. The van der Waals surface area contributed by atoms with Crippen molar-refractivity contribution in [2.24, 2.45) is 5.73 Å². The lowest BCUT2D eigenvalue weighted by Gasteiger charge is -2.39. The van der Waals surface area contributed by atoms with Crippen LogP contribution in [-0.4, -0.2) is 42.5 Å². The van der Waals surface area contributed by atoms with Crippen LogP contribution in [0.2, 0.25) is 0 Å². The van der Waals surface area contributed by atoms with Crippen molar-refractivity contribution >= 4 is 5.91 Å². The second kappa shape index (κ2) is 6.51. The first-order valence-corrected chi connectivity index (χ1v) is 5.85. The highest BCUT2D eigenvalue weighted by Crippen LogP contribution is 2.21. The summed E-state index contributed by atoms with van der Waals surface area (Å²) >= 11 is 0. The molecule has 2 unspecified atom stereocenters. The van der Waals surface area contributed by atoms with Gasteiger partial charge in [-0.15, -0.1) is 6.42 Å². The van der Waals surface area contributed by atoms with E-state index in [9.17, 15) is 4.79 Å². The summed E-state index contributed by atoms with van der Waals surface area (Å²) in [6, 6.07) is 0.763. The first-order chi connectivity index (χ1) is 7.69. The van der Waals surface area contributed by atoms with Crippen LogP contribution in [0.4, 0.5) is 0 Å². The van der Waals surface area contributed by atoms with E-state index >= 15 is 0 Å². The van der Waals surface area contributed by atoms with Crippen molar-refractivity contribution in [3.63, 3.8) is 0 Å². The van der Waals surface area contributed by atoms with Crippen LogP contribution in [0.1, 0.15) is 26.2 Å². The van der Waals surface area contributed by atoms with E-state index in [-0.39, 0.29) is 5.91 Å². The first-order valence-electron chi connectivity index (χ1n) is 5.85. The van der Waals surface area contributed by atoms with Crippen LogP contribution in [0.3, 0.4) is 0 Å². The lowest BCUT2D eigenvalue weighted by Crippen LogP contribution is -2.52. The minimum absolute atomic E-state index is 0.00912. The molecule has 1 fully saturated rings. The zero-order chi connectivity index (χ0) is 12.0. The molecule has 1 saturated heterocycles. The summed E-state index contributed by atoms with van der Waals surface area (Å²) in [6.07, 6.45) is 8.52. The van der Waals surface area contributed by atoms with Gasteiger partial charge in [-0.3, -0.25) is 9.69 Å². The van der Waals surface area contributed by atoms with Crippen LogP contribution in [0.15, 0.2) is 0 Å². The van der Waals surface area contributed by atoms with Crippen molar-refractivity contribution in [2.45, 2.75) is 38.3 Å². The third kappa shape index (κ3) is 3.51. The van der Waals surface area contributed by atoms with E-state index in [0.717, 1.165) is 12.8 Å². The number of rotatable bonds is 4. The Kier molecular flexibility index (Phi) is 5.30. The summed E-state index contributed by atoms with van der Waals surface area (Å²) in [7, 11) is 0. The Morgan fingerprint density at radius 1 is 1.62 bits per heavy atom. The van der Waals surface area contributed by atoms with Crippen molar-refractivity contribution < 1.29 is 4.79 Å². The van der Waals surface area contributed by atoms with Gasteiger partial charge in [0.05, 0.1) is 13.1 Å². The van der Waals surface area contributed by atoms with E-state index in [2.05, 4.69) is 23.1 Å². The fraction of sp³-hybridized carbons (Fsp3) is 0.750. The molecule has 0 saturated carbocycles. The number of carbonyl (C=O) groups excluding carboxylic acids is 1. The Morgan fingerprint density at radius 2 is 2.38 bits per heavy atom.